The Labute approximate surface area is 90.5 Å². The molecule has 1 aromatic carbocycles. The van der Waals surface area contributed by atoms with E-state index in [4.69, 9.17) is 4.42 Å². The van der Waals surface area contributed by atoms with Crippen LogP contribution >= 0.6 is 0 Å². The molecule has 0 saturated carbocycles. The molecule has 0 N–H and O–H groups in total. The number of rotatable bonds is 2. The number of hydrogen-bond acceptors (Lipinski definition) is 4. The molecular formula is C11H9NO4. The van der Waals surface area contributed by atoms with E-state index < -0.39 is 10.5 Å². The number of nitro benzene ring substituents is 1. The number of nitro groups is 1. The average Bonchev–Trinajstić information content (AvgIpc) is 2.26. The van der Waals surface area contributed by atoms with Crippen molar-refractivity contribution in [2.75, 3.05) is 0 Å². The topological polar surface area (TPSA) is 73.3 Å². The first-order valence-electron chi connectivity index (χ1n) is 4.83. The van der Waals surface area contributed by atoms with Gasteiger partial charge in [0, 0.05) is 23.1 Å². The maximum absolute atomic E-state index is 11.0. The molecule has 0 bridgehead atoms. The van der Waals surface area contributed by atoms with Crippen molar-refractivity contribution in [1.82, 2.24) is 0 Å². The highest BCUT2D eigenvalue weighted by molar-refractivity contribution is 5.84. The molecule has 0 aliphatic carbocycles. The second-order valence-corrected chi connectivity index (χ2v) is 3.34. The Morgan fingerprint density at radius 3 is 2.69 bits per heavy atom. The van der Waals surface area contributed by atoms with Gasteiger partial charge in [0.25, 0.3) is 5.69 Å². The van der Waals surface area contributed by atoms with Gasteiger partial charge in [-0.1, -0.05) is 6.92 Å². The van der Waals surface area contributed by atoms with Crippen molar-refractivity contribution >= 4 is 16.7 Å². The Hall–Kier alpha value is -2.17. The second-order valence-electron chi connectivity index (χ2n) is 3.34. The van der Waals surface area contributed by atoms with E-state index in [1.807, 2.05) is 6.92 Å². The predicted octanol–water partition coefficient (Wildman–Crippen LogP) is 2.26. The molecule has 2 aromatic rings. The smallest absolute Gasteiger partial charge is 0.336 e. The third-order valence-electron chi connectivity index (χ3n) is 2.44. The van der Waals surface area contributed by atoms with Gasteiger partial charge in [-0.15, -0.1) is 0 Å². The number of nitrogens with zero attached hydrogens (tertiary/aromatic N) is 1. The minimum atomic E-state index is -0.455. The van der Waals surface area contributed by atoms with E-state index in [0.717, 1.165) is 0 Å². The van der Waals surface area contributed by atoms with Crippen LogP contribution in [-0.2, 0) is 6.42 Å². The predicted molar refractivity (Wildman–Crippen MR) is 58.5 cm³/mol. The van der Waals surface area contributed by atoms with Crippen molar-refractivity contribution in [2.45, 2.75) is 13.3 Å². The van der Waals surface area contributed by atoms with Gasteiger partial charge >= 0.3 is 5.63 Å². The zero-order chi connectivity index (χ0) is 11.7. The fourth-order valence-corrected chi connectivity index (χ4v) is 1.74. The summed E-state index contributed by atoms with van der Waals surface area (Å²) in [5.74, 6) is 0. The summed E-state index contributed by atoms with van der Waals surface area (Å²) in [6, 6.07) is 5.65. The molecule has 2 rings (SSSR count). The second kappa shape index (κ2) is 3.77. The monoisotopic (exact) mass is 219 g/mol. The Kier molecular flexibility index (Phi) is 2.44. The number of aryl methyl sites for hydroxylation is 1. The van der Waals surface area contributed by atoms with Crippen LogP contribution in [0.15, 0.2) is 33.5 Å². The lowest BCUT2D eigenvalue weighted by atomic mass is 10.0. The molecule has 5 nitrogen and oxygen atoms in total. The van der Waals surface area contributed by atoms with Crippen molar-refractivity contribution in [2.24, 2.45) is 0 Å². The van der Waals surface area contributed by atoms with Gasteiger partial charge in [0.2, 0.25) is 0 Å². The van der Waals surface area contributed by atoms with E-state index >= 15 is 0 Å². The zero-order valence-corrected chi connectivity index (χ0v) is 8.60. The Balaban J connectivity index is 2.86. The molecule has 5 heteroatoms. The van der Waals surface area contributed by atoms with Crippen molar-refractivity contribution in [3.63, 3.8) is 0 Å². The summed E-state index contributed by atoms with van der Waals surface area (Å²) in [4.78, 5) is 21.4. The first kappa shape index (κ1) is 10.4. The van der Waals surface area contributed by atoms with Crippen LogP contribution in [0.1, 0.15) is 12.5 Å². The molecule has 0 radical (unpaired) electrons. The largest absolute Gasteiger partial charge is 0.423 e. The van der Waals surface area contributed by atoms with Crippen LogP contribution in [0.25, 0.3) is 11.0 Å². The van der Waals surface area contributed by atoms with Crippen LogP contribution in [0.4, 0.5) is 5.69 Å². The third kappa shape index (κ3) is 1.56. The molecule has 0 fully saturated rings. The van der Waals surface area contributed by atoms with Gasteiger partial charge in [-0.2, -0.15) is 0 Å². The van der Waals surface area contributed by atoms with E-state index in [1.165, 1.54) is 18.2 Å². The van der Waals surface area contributed by atoms with E-state index in [2.05, 4.69) is 0 Å². The molecule has 0 spiro atoms. The first-order valence-corrected chi connectivity index (χ1v) is 4.83. The molecule has 0 amide bonds. The van der Waals surface area contributed by atoms with Gasteiger partial charge in [0.1, 0.15) is 5.58 Å². The summed E-state index contributed by atoms with van der Waals surface area (Å²) in [5, 5.41) is 11.4. The summed E-state index contributed by atoms with van der Waals surface area (Å²) in [5.41, 5.74) is 0.577. The van der Waals surface area contributed by atoms with Crippen LogP contribution in [0.2, 0.25) is 0 Å². The van der Waals surface area contributed by atoms with E-state index in [1.54, 1.807) is 6.07 Å². The molecule has 0 unspecified atom stereocenters. The molecule has 1 heterocycles. The normalized spacial score (nSPS) is 10.6. The van der Waals surface area contributed by atoms with Gasteiger partial charge in [-0.3, -0.25) is 10.1 Å². The number of benzene rings is 1. The van der Waals surface area contributed by atoms with Crippen molar-refractivity contribution in [3.8, 4) is 0 Å². The van der Waals surface area contributed by atoms with Crippen molar-refractivity contribution in [1.29, 1.82) is 0 Å². The summed E-state index contributed by atoms with van der Waals surface area (Å²) in [7, 11) is 0. The highest BCUT2D eigenvalue weighted by Gasteiger charge is 2.15. The molecule has 1 aromatic heterocycles. The SMILES string of the molecule is CCc1c([N+](=O)[O-])ccc2oc(=O)ccc12. The lowest BCUT2D eigenvalue weighted by Crippen LogP contribution is -1.99. The van der Waals surface area contributed by atoms with Gasteiger partial charge in [0.05, 0.1) is 4.92 Å². The molecule has 0 atom stereocenters. The Morgan fingerprint density at radius 1 is 1.31 bits per heavy atom. The minimum Gasteiger partial charge on any atom is -0.423 e. The quantitative estimate of drug-likeness (QED) is 0.441. The van der Waals surface area contributed by atoms with Gasteiger partial charge in [-0.25, -0.2) is 4.79 Å². The summed E-state index contributed by atoms with van der Waals surface area (Å²) in [6.07, 6.45) is 0.515. The van der Waals surface area contributed by atoms with E-state index in [0.29, 0.717) is 23.0 Å². The lowest BCUT2D eigenvalue weighted by Gasteiger charge is -2.03. The van der Waals surface area contributed by atoms with Gasteiger partial charge < -0.3 is 4.42 Å². The minimum absolute atomic E-state index is 0.0591. The molecule has 0 saturated heterocycles. The molecular weight excluding hydrogens is 210 g/mol. The average molecular weight is 219 g/mol. The summed E-state index contributed by atoms with van der Waals surface area (Å²) in [6.45, 7) is 1.83. The standard InChI is InChI=1S/C11H9NO4/c1-2-7-8-3-6-11(13)16-10(8)5-4-9(7)12(14)15/h3-6H,2H2,1H3. The number of fused-ring (bicyclic) bond motifs is 1. The highest BCUT2D eigenvalue weighted by atomic mass is 16.6. The van der Waals surface area contributed by atoms with Crippen LogP contribution in [0.3, 0.4) is 0 Å². The maximum atomic E-state index is 11.0. The Morgan fingerprint density at radius 2 is 2.06 bits per heavy atom. The fourth-order valence-electron chi connectivity index (χ4n) is 1.74. The molecule has 82 valence electrons. The summed E-state index contributed by atoms with van der Waals surface area (Å²) >= 11 is 0. The van der Waals surface area contributed by atoms with Crippen molar-refractivity contribution in [3.05, 3.63) is 50.4 Å². The van der Waals surface area contributed by atoms with Crippen LogP contribution in [0.5, 0.6) is 0 Å². The van der Waals surface area contributed by atoms with Crippen LogP contribution in [0, 0.1) is 10.1 Å². The highest BCUT2D eigenvalue weighted by Crippen LogP contribution is 2.27. The summed E-state index contributed by atoms with van der Waals surface area (Å²) < 4.78 is 4.96. The first-order chi connectivity index (χ1) is 7.63. The fraction of sp³-hybridized carbons (Fsp3) is 0.182. The van der Waals surface area contributed by atoms with E-state index in [9.17, 15) is 14.9 Å². The Bertz CT molecular complexity index is 615. The van der Waals surface area contributed by atoms with E-state index in [-0.39, 0.29) is 5.69 Å². The molecule has 16 heavy (non-hydrogen) atoms. The maximum Gasteiger partial charge on any atom is 0.336 e. The van der Waals surface area contributed by atoms with Gasteiger partial charge in [0.15, 0.2) is 0 Å². The van der Waals surface area contributed by atoms with Crippen LogP contribution < -0.4 is 5.63 Å². The zero-order valence-electron chi connectivity index (χ0n) is 8.60. The molecule has 0 aliphatic heterocycles. The lowest BCUT2D eigenvalue weighted by molar-refractivity contribution is -0.385. The van der Waals surface area contributed by atoms with Gasteiger partial charge in [-0.05, 0) is 18.6 Å². The van der Waals surface area contributed by atoms with Crippen molar-refractivity contribution < 1.29 is 9.34 Å². The molecule has 0 aliphatic rings. The number of hydrogen-bond donors (Lipinski definition) is 0. The third-order valence-corrected chi connectivity index (χ3v) is 2.44. The van der Waals surface area contributed by atoms with Crippen LogP contribution in [-0.4, -0.2) is 4.92 Å².